The number of oxazole rings is 1. The Morgan fingerprint density at radius 2 is 1.91 bits per heavy atom. The largest absolute Gasteiger partial charge is 0.445 e. The van der Waals surface area contributed by atoms with Crippen LogP contribution in [0.4, 0.5) is 5.88 Å². The molecule has 2 unspecified atom stereocenters. The fraction of sp³-hybridized carbons (Fsp3) is 0.333. The first-order valence-electron chi connectivity index (χ1n) is 11.8. The van der Waals surface area contributed by atoms with Gasteiger partial charge in [-0.1, -0.05) is 43.3 Å². The van der Waals surface area contributed by atoms with E-state index in [1.165, 1.54) is 6.42 Å². The van der Waals surface area contributed by atoms with E-state index >= 15 is 0 Å². The number of nitrogens with one attached hydrogen (secondary N) is 1. The molecule has 1 saturated carbocycles. The van der Waals surface area contributed by atoms with Crippen molar-refractivity contribution in [2.24, 2.45) is 17.8 Å². The summed E-state index contributed by atoms with van der Waals surface area (Å²) in [5, 5.41) is 3.87. The van der Waals surface area contributed by atoms with Crippen LogP contribution in [-0.4, -0.2) is 18.6 Å². The summed E-state index contributed by atoms with van der Waals surface area (Å²) in [6.07, 6.45) is 5.24. The summed E-state index contributed by atoms with van der Waals surface area (Å²) in [4.78, 5) is 4.48. The highest BCUT2D eigenvalue weighted by molar-refractivity contribution is 7.92. The van der Waals surface area contributed by atoms with Gasteiger partial charge in [0.05, 0.1) is 16.8 Å². The van der Waals surface area contributed by atoms with Crippen molar-refractivity contribution in [3.8, 4) is 22.6 Å². The maximum Gasteiger partial charge on any atom is 0.264 e. The van der Waals surface area contributed by atoms with Crippen molar-refractivity contribution >= 4 is 15.9 Å². The maximum absolute atomic E-state index is 13.5. The van der Waals surface area contributed by atoms with Gasteiger partial charge in [-0.25, -0.2) is 18.1 Å². The Kier molecular flexibility index (Phi) is 6.01. The van der Waals surface area contributed by atoms with E-state index in [0.717, 1.165) is 23.1 Å². The molecule has 2 aromatic heterocycles. The van der Waals surface area contributed by atoms with Crippen molar-refractivity contribution in [3.05, 3.63) is 71.7 Å². The second kappa shape index (κ2) is 9.00. The van der Waals surface area contributed by atoms with Crippen LogP contribution in [0, 0.1) is 31.6 Å². The Labute approximate surface area is 205 Å². The van der Waals surface area contributed by atoms with Crippen molar-refractivity contribution < 1.29 is 17.4 Å². The Hall–Kier alpha value is -3.39. The van der Waals surface area contributed by atoms with E-state index in [9.17, 15) is 8.42 Å². The second-order valence-corrected chi connectivity index (χ2v) is 11.3. The first-order chi connectivity index (χ1) is 16.7. The van der Waals surface area contributed by atoms with E-state index in [0.29, 0.717) is 40.5 Å². The van der Waals surface area contributed by atoms with Crippen LogP contribution in [0.5, 0.6) is 0 Å². The first kappa shape index (κ1) is 23.4. The Bertz CT molecular complexity index is 1460. The number of benzene rings is 2. The third kappa shape index (κ3) is 4.62. The van der Waals surface area contributed by atoms with Gasteiger partial charge in [-0.05, 0) is 73.8 Å². The predicted molar refractivity (Wildman–Crippen MR) is 134 cm³/mol. The van der Waals surface area contributed by atoms with Crippen LogP contribution in [0.3, 0.4) is 0 Å². The highest BCUT2D eigenvalue weighted by Crippen LogP contribution is 2.47. The monoisotopic (exact) mass is 491 g/mol. The van der Waals surface area contributed by atoms with E-state index in [-0.39, 0.29) is 10.8 Å². The molecule has 1 aliphatic rings. The molecule has 0 amide bonds. The number of hydrogen-bond acceptors (Lipinski definition) is 6. The van der Waals surface area contributed by atoms with Crippen LogP contribution in [0.25, 0.3) is 22.6 Å². The molecule has 7 nitrogen and oxygen atoms in total. The molecule has 0 aliphatic heterocycles. The number of aromatic nitrogens is 2. The summed E-state index contributed by atoms with van der Waals surface area (Å²) in [7, 11) is -3.92. The molecule has 8 heteroatoms. The molecule has 1 fully saturated rings. The molecule has 0 spiro atoms. The van der Waals surface area contributed by atoms with E-state index in [1.54, 1.807) is 38.4 Å². The summed E-state index contributed by atoms with van der Waals surface area (Å²) >= 11 is 0. The number of rotatable bonds is 8. The smallest absolute Gasteiger partial charge is 0.264 e. The van der Waals surface area contributed by atoms with Crippen LogP contribution in [0.2, 0.25) is 0 Å². The Morgan fingerprint density at radius 1 is 1.11 bits per heavy atom. The van der Waals surface area contributed by atoms with Gasteiger partial charge in [0.25, 0.3) is 10.0 Å². The van der Waals surface area contributed by atoms with E-state index in [2.05, 4.69) is 34.8 Å². The van der Waals surface area contributed by atoms with Crippen LogP contribution >= 0.6 is 0 Å². The number of anilines is 1. The molecule has 2 atom stereocenters. The van der Waals surface area contributed by atoms with Gasteiger partial charge in [0, 0.05) is 16.7 Å². The Balaban J connectivity index is 1.57. The van der Waals surface area contributed by atoms with Crippen LogP contribution < -0.4 is 4.72 Å². The fourth-order valence-corrected chi connectivity index (χ4v) is 6.01. The molecule has 1 aliphatic carbocycles. The first-order valence-corrected chi connectivity index (χ1v) is 13.3. The highest BCUT2D eigenvalue weighted by Gasteiger charge is 2.39. The zero-order valence-electron chi connectivity index (χ0n) is 20.3. The van der Waals surface area contributed by atoms with E-state index in [1.807, 2.05) is 24.3 Å². The summed E-state index contributed by atoms with van der Waals surface area (Å²) < 4.78 is 40.3. The zero-order valence-corrected chi connectivity index (χ0v) is 21.1. The average molecular weight is 492 g/mol. The summed E-state index contributed by atoms with van der Waals surface area (Å²) in [5.41, 5.74) is 4.80. The van der Waals surface area contributed by atoms with Gasteiger partial charge in [-0.15, -0.1) is 0 Å². The van der Waals surface area contributed by atoms with Crippen LogP contribution in [0.1, 0.15) is 37.1 Å². The lowest BCUT2D eigenvalue weighted by molar-refractivity contribution is 0.430. The molecule has 2 heterocycles. The molecule has 5 rings (SSSR count). The number of hydrogen-bond donors (Lipinski definition) is 1. The molecule has 1 N–H and O–H groups in total. The minimum Gasteiger partial charge on any atom is -0.445 e. The molecule has 0 saturated heterocycles. The summed E-state index contributed by atoms with van der Waals surface area (Å²) in [6.45, 7) is 8.06. The van der Waals surface area contributed by atoms with Crippen molar-refractivity contribution in [2.45, 2.75) is 45.4 Å². The highest BCUT2D eigenvalue weighted by atomic mass is 32.2. The second-order valence-electron chi connectivity index (χ2n) is 9.64. The number of aryl methyl sites for hydroxylation is 1. The summed E-state index contributed by atoms with van der Waals surface area (Å²) in [6, 6.07) is 13.0. The van der Waals surface area contributed by atoms with Gasteiger partial charge < -0.3 is 8.94 Å². The SMILES string of the molecule is Cc1noc(NS(=O)(=O)c2ccccc2-c2ccc(-c3ncco3)cc2CC2CC2C(C)C)c1C. The van der Waals surface area contributed by atoms with Gasteiger partial charge in [0.1, 0.15) is 6.26 Å². The minimum absolute atomic E-state index is 0.134. The van der Waals surface area contributed by atoms with Crippen LogP contribution in [-0.2, 0) is 16.4 Å². The molecule has 2 aromatic carbocycles. The molecule has 4 aromatic rings. The number of sulfonamides is 1. The molecule has 0 radical (unpaired) electrons. The Morgan fingerprint density at radius 3 is 2.57 bits per heavy atom. The fourth-order valence-electron chi connectivity index (χ4n) is 4.74. The van der Waals surface area contributed by atoms with Gasteiger partial charge >= 0.3 is 0 Å². The van der Waals surface area contributed by atoms with Crippen molar-refractivity contribution in [2.75, 3.05) is 4.72 Å². The lowest BCUT2D eigenvalue weighted by atomic mass is 9.93. The minimum atomic E-state index is -3.92. The molecule has 35 heavy (non-hydrogen) atoms. The van der Waals surface area contributed by atoms with Crippen molar-refractivity contribution in [1.82, 2.24) is 10.1 Å². The molecule has 0 bridgehead atoms. The van der Waals surface area contributed by atoms with E-state index in [4.69, 9.17) is 8.94 Å². The van der Waals surface area contributed by atoms with Crippen molar-refractivity contribution in [1.29, 1.82) is 0 Å². The summed E-state index contributed by atoms with van der Waals surface area (Å²) in [5.74, 6) is 2.58. The lowest BCUT2D eigenvalue weighted by Gasteiger charge is -2.16. The quantitative estimate of drug-likeness (QED) is 0.313. The van der Waals surface area contributed by atoms with Gasteiger partial charge in [0.15, 0.2) is 0 Å². The normalized spacial score (nSPS) is 17.6. The lowest BCUT2D eigenvalue weighted by Crippen LogP contribution is -2.14. The third-order valence-corrected chi connectivity index (χ3v) is 8.34. The maximum atomic E-state index is 13.5. The molecule has 182 valence electrons. The van der Waals surface area contributed by atoms with Gasteiger partial charge in [-0.3, -0.25) is 0 Å². The van der Waals surface area contributed by atoms with Crippen LogP contribution in [0.15, 0.2) is 68.8 Å². The van der Waals surface area contributed by atoms with E-state index < -0.39 is 10.0 Å². The zero-order chi connectivity index (χ0) is 24.7. The molecular weight excluding hydrogens is 462 g/mol. The number of nitrogens with zero attached hydrogens (tertiary/aromatic N) is 2. The van der Waals surface area contributed by atoms with Gasteiger partial charge in [-0.2, -0.15) is 0 Å². The van der Waals surface area contributed by atoms with Gasteiger partial charge in [0.2, 0.25) is 11.8 Å². The standard InChI is InChI=1S/C27H29N3O4S/c1-16(2)24-15-21(24)14-20-13-19(27-28-11-12-33-27)9-10-22(20)23-7-5-6-8-25(23)35(31,32)30-26-17(3)18(4)29-34-26/h5-13,16,21,24,30H,14-15H2,1-4H3. The molecular formula is C27H29N3O4S. The van der Waals surface area contributed by atoms with Crippen molar-refractivity contribution in [3.63, 3.8) is 0 Å². The topological polar surface area (TPSA) is 98.2 Å². The average Bonchev–Trinajstić information content (AvgIpc) is 3.26. The third-order valence-electron chi connectivity index (χ3n) is 6.95. The predicted octanol–water partition coefficient (Wildman–Crippen LogP) is 6.25.